The third-order valence-electron chi connectivity index (χ3n) is 5.38. The van der Waals surface area contributed by atoms with Gasteiger partial charge in [0.05, 0.1) is 5.69 Å². The molecule has 0 bridgehead atoms. The molecule has 2 aliphatic rings. The summed E-state index contributed by atoms with van der Waals surface area (Å²) >= 11 is 0. The Labute approximate surface area is 180 Å². The summed E-state index contributed by atoms with van der Waals surface area (Å²) in [7, 11) is 0. The van der Waals surface area contributed by atoms with E-state index < -0.39 is 23.7 Å². The number of benzene rings is 2. The summed E-state index contributed by atoms with van der Waals surface area (Å²) in [4.78, 5) is 24.5. The number of amides is 1. The van der Waals surface area contributed by atoms with Gasteiger partial charge in [-0.25, -0.2) is 4.79 Å². The Hall–Kier alpha value is -3.26. The molecule has 2 aromatic carbocycles. The molecule has 1 amide bonds. The second kappa shape index (κ2) is 8.11. The summed E-state index contributed by atoms with van der Waals surface area (Å²) in [6.07, 6.45) is 0.742. The van der Waals surface area contributed by atoms with Gasteiger partial charge in [-0.2, -0.15) is 0 Å². The van der Waals surface area contributed by atoms with E-state index in [-0.39, 0.29) is 12.7 Å². The van der Waals surface area contributed by atoms with Gasteiger partial charge in [-0.05, 0) is 69.0 Å². The van der Waals surface area contributed by atoms with Crippen molar-refractivity contribution in [1.29, 1.82) is 0 Å². The van der Waals surface area contributed by atoms with Crippen LogP contribution in [0.3, 0.4) is 0 Å². The maximum atomic E-state index is 12.7. The van der Waals surface area contributed by atoms with E-state index in [0.29, 0.717) is 29.8 Å². The molecule has 2 atom stereocenters. The molecular weight excluding hydrogens is 400 g/mol. The first-order valence-corrected chi connectivity index (χ1v) is 10.2. The molecule has 2 heterocycles. The zero-order chi connectivity index (χ0) is 22.2. The summed E-state index contributed by atoms with van der Waals surface area (Å²) in [5, 5.41) is 2.76. The Balaban J connectivity index is 1.37. The molecule has 4 rings (SSSR count). The molecule has 31 heavy (non-hydrogen) atoms. The van der Waals surface area contributed by atoms with Gasteiger partial charge in [0, 0.05) is 0 Å². The van der Waals surface area contributed by atoms with Gasteiger partial charge in [0.2, 0.25) is 6.79 Å². The third kappa shape index (κ3) is 4.59. The average molecular weight is 426 g/mol. The van der Waals surface area contributed by atoms with E-state index in [1.165, 1.54) is 0 Å². The average Bonchev–Trinajstić information content (AvgIpc) is 3.20. The highest BCUT2D eigenvalue weighted by Gasteiger charge is 2.29. The third-order valence-corrected chi connectivity index (χ3v) is 5.38. The Kier molecular flexibility index (Phi) is 5.49. The number of hydrogen-bond donors (Lipinski definition) is 2. The second-order valence-electron chi connectivity index (χ2n) is 8.35. The number of nitrogens with one attached hydrogen (secondary N) is 1. The monoisotopic (exact) mass is 426 g/mol. The minimum absolute atomic E-state index is 0.233. The number of ether oxygens (including phenoxy) is 4. The Morgan fingerprint density at radius 2 is 1.94 bits per heavy atom. The number of esters is 1. The summed E-state index contributed by atoms with van der Waals surface area (Å²) in [6.45, 7) is 5.61. The van der Waals surface area contributed by atoms with Gasteiger partial charge in [-0.1, -0.05) is 12.1 Å². The van der Waals surface area contributed by atoms with Gasteiger partial charge in [-0.15, -0.1) is 0 Å². The van der Waals surface area contributed by atoms with Gasteiger partial charge in [-0.3, -0.25) is 4.79 Å². The highest BCUT2D eigenvalue weighted by molar-refractivity contribution is 5.97. The zero-order valence-corrected chi connectivity index (χ0v) is 17.8. The van der Waals surface area contributed by atoms with Crippen molar-refractivity contribution in [3.8, 4) is 17.2 Å². The van der Waals surface area contributed by atoms with Crippen LogP contribution in [-0.2, 0) is 20.7 Å². The first-order chi connectivity index (χ1) is 14.7. The van der Waals surface area contributed by atoms with E-state index >= 15 is 0 Å². The summed E-state index contributed by atoms with van der Waals surface area (Å²) in [5.74, 6) is 1.23. The van der Waals surface area contributed by atoms with E-state index in [2.05, 4.69) is 5.32 Å². The lowest BCUT2D eigenvalue weighted by molar-refractivity contribution is -0.158. The molecule has 0 radical (unpaired) electrons. The molecule has 2 aromatic rings. The number of carbonyl (C=O) groups excluding carboxylic acids is 2. The second-order valence-corrected chi connectivity index (χ2v) is 8.35. The van der Waals surface area contributed by atoms with Crippen LogP contribution in [0.1, 0.15) is 44.4 Å². The molecule has 0 spiro atoms. The predicted molar refractivity (Wildman–Crippen MR) is 113 cm³/mol. The van der Waals surface area contributed by atoms with Crippen LogP contribution in [0.5, 0.6) is 17.2 Å². The molecule has 0 saturated carbocycles. The van der Waals surface area contributed by atoms with Crippen molar-refractivity contribution < 1.29 is 28.5 Å². The number of fused-ring (bicyclic) bond motifs is 2. The van der Waals surface area contributed by atoms with Crippen molar-refractivity contribution in [2.24, 2.45) is 5.73 Å². The van der Waals surface area contributed by atoms with Gasteiger partial charge in [0.25, 0.3) is 5.91 Å². The van der Waals surface area contributed by atoms with Gasteiger partial charge in [0.1, 0.15) is 17.4 Å². The largest absolute Gasteiger partial charge is 0.479 e. The van der Waals surface area contributed by atoms with Gasteiger partial charge in [0.15, 0.2) is 17.6 Å². The molecule has 8 nitrogen and oxygen atoms in total. The first-order valence-electron chi connectivity index (χ1n) is 10.2. The number of nitrogens with two attached hydrogens (primary N) is 1. The fraction of sp³-hybridized carbons (Fsp3) is 0.391. The minimum Gasteiger partial charge on any atom is -0.479 e. The number of carbonyl (C=O) groups is 2. The fourth-order valence-electron chi connectivity index (χ4n) is 3.48. The standard InChI is InChI=1S/C23H26N2O6/c1-13-21(26)25-16-11-15(5-7-17(16)30-13)20(24)22(27)31-23(2,3)9-8-14-4-6-18-19(10-14)29-12-28-18/h4-7,10-11,13,20H,8-9,12,24H2,1-3H3,(H,25,26). The summed E-state index contributed by atoms with van der Waals surface area (Å²) < 4.78 is 22.0. The predicted octanol–water partition coefficient (Wildman–Crippen LogP) is 3.09. The number of aryl methyl sites for hydroxylation is 1. The van der Waals surface area contributed by atoms with Crippen molar-refractivity contribution in [2.75, 3.05) is 12.1 Å². The number of rotatable bonds is 6. The highest BCUT2D eigenvalue weighted by atomic mass is 16.7. The lowest BCUT2D eigenvalue weighted by Crippen LogP contribution is -2.35. The zero-order valence-electron chi connectivity index (χ0n) is 17.8. The lowest BCUT2D eigenvalue weighted by atomic mass is 9.97. The van der Waals surface area contributed by atoms with Crippen molar-refractivity contribution in [3.05, 3.63) is 47.5 Å². The first kappa shape index (κ1) is 21.0. The van der Waals surface area contributed by atoms with Crippen molar-refractivity contribution in [1.82, 2.24) is 0 Å². The van der Waals surface area contributed by atoms with E-state index in [9.17, 15) is 9.59 Å². The molecule has 8 heteroatoms. The SMILES string of the molecule is CC1Oc2ccc(C(N)C(=O)OC(C)(C)CCc3ccc4c(c3)OCO4)cc2NC1=O. The molecule has 2 aliphatic heterocycles. The van der Waals surface area contributed by atoms with Crippen LogP contribution in [0.2, 0.25) is 0 Å². The molecule has 0 aliphatic carbocycles. The number of anilines is 1. The van der Waals surface area contributed by atoms with Gasteiger partial charge < -0.3 is 30.0 Å². The van der Waals surface area contributed by atoms with Crippen LogP contribution in [0, 0.1) is 0 Å². The van der Waals surface area contributed by atoms with E-state index in [4.69, 9.17) is 24.7 Å². The van der Waals surface area contributed by atoms with E-state index in [1.54, 1.807) is 25.1 Å². The van der Waals surface area contributed by atoms with Crippen LogP contribution in [0.25, 0.3) is 0 Å². The maximum Gasteiger partial charge on any atom is 0.328 e. The Morgan fingerprint density at radius 3 is 2.74 bits per heavy atom. The molecule has 3 N–H and O–H groups in total. The van der Waals surface area contributed by atoms with Crippen LogP contribution < -0.4 is 25.3 Å². The topological polar surface area (TPSA) is 109 Å². The Bertz CT molecular complexity index is 1020. The lowest BCUT2D eigenvalue weighted by Gasteiger charge is -2.28. The quantitative estimate of drug-likeness (QED) is 0.683. The summed E-state index contributed by atoms with van der Waals surface area (Å²) in [6, 6.07) is 9.85. The maximum absolute atomic E-state index is 12.7. The molecule has 0 aromatic heterocycles. The summed E-state index contributed by atoms with van der Waals surface area (Å²) in [5.41, 5.74) is 7.53. The van der Waals surface area contributed by atoms with Crippen LogP contribution >= 0.6 is 0 Å². The normalized spacial score (nSPS) is 17.9. The Morgan fingerprint density at radius 1 is 1.19 bits per heavy atom. The number of hydrogen-bond acceptors (Lipinski definition) is 7. The van der Waals surface area contributed by atoms with E-state index in [1.807, 2.05) is 32.0 Å². The smallest absolute Gasteiger partial charge is 0.328 e. The van der Waals surface area contributed by atoms with E-state index in [0.717, 1.165) is 17.1 Å². The fourth-order valence-corrected chi connectivity index (χ4v) is 3.48. The van der Waals surface area contributed by atoms with Gasteiger partial charge >= 0.3 is 5.97 Å². The molecular formula is C23H26N2O6. The molecule has 2 unspecified atom stereocenters. The van der Waals surface area contributed by atoms with Crippen molar-refractivity contribution in [3.63, 3.8) is 0 Å². The van der Waals surface area contributed by atoms with Crippen LogP contribution in [0.15, 0.2) is 36.4 Å². The molecule has 0 saturated heterocycles. The molecule has 0 fully saturated rings. The van der Waals surface area contributed by atoms with Crippen molar-refractivity contribution >= 4 is 17.6 Å². The minimum atomic E-state index is -0.980. The van der Waals surface area contributed by atoms with Crippen molar-refractivity contribution in [2.45, 2.75) is 51.4 Å². The highest BCUT2D eigenvalue weighted by Crippen LogP contribution is 2.34. The van der Waals surface area contributed by atoms with Crippen LogP contribution in [0.4, 0.5) is 5.69 Å². The molecule has 164 valence electrons. The van der Waals surface area contributed by atoms with Crippen LogP contribution in [-0.4, -0.2) is 30.4 Å².